The van der Waals surface area contributed by atoms with Crippen LogP contribution in [0.1, 0.15) is 22.2 Å². The van der Waals surface area contributed by atoms with Gasteiger partial charge in [-0.15, -0.1) is 22.7 Å². The van der Waals surface area contributed by atoms with E-state index in [2.05, 4.69) is 5.32 Å². The predicted octanol–water partition coefficient (Wildman–Crippen LogP) is 4.53. The Morgan fingerprint density at radius 2 is 1.85 bits per heavy atom. The molecule has 0 fully saturated rings. The van der Waals surface area contributed by atoms with E-state index >= 15 is 0 Å². The first-order chi connectivity index (χ1) is 12.6. The van der Waals surface area contributed by atoms with Gasteiger partial charge in [0.2, 0.25) is 0 Å². The first-order valence-corrected chi connectivity index (χ1v) is 9.48. The van der Waals surface area contributed by atoms with Gasteiger partial charge in [-0.3, -0.25) is 4.79 Å². The highest BCUT2D eigenvalue weighted by Crippen LogP contribution is 2.29. The van der Waals surface area contributed by atoms with Gasteiger partial charge in [-0.05, 0) is 35.4 Å². The van der Waals surface area contributed by atoms with E-state index in [1.807, 2.05) is 47.8 Å². The number of carbonyl (C=O) groups excluding carboxylic acids is 2. The zero-order chi connectivity index (χ0) is 18.5. The number of amides is 1. The normalized spacial score (nSPS) is 11.4. The van der Waals surface area contributed by atoms with E-state index in [1.54, 1.807) is 11.4 Å². The van der Waals surface area contributed by atoms with Crippen LogP contribution in [-0.2, 0) is 9.53 Å². The molecular weight excluding hydrogens is 368 g/mol. The molecule has 0 saturated carbocycles. The van der Waals surface area contributed by atoms with E-state index in [-0.39, 0.29) is 0 Å². The van der Waals surface area contributed by atoms with Crippen LogP contribution < -0.4 is 5.32 Å². The van der Waals surface area contributed by atoms with Crippen molar-refractivity contribution >= 4 is 39.6 Å². The van der Waals surface area contributed by atoms with Gasteiger partial charge in [-0.25, -0.2) is 4.79 Å². The van der Waals surface area contributed by atoms with E-state index in [1.165, 1.54) is 29.6 Å². The minimum atomic E-state index is -0.984. The van der Waals surface area contributed by atoms with Crippen LogP contribution in [0.15, 0.2) is 53.2 Å². The fraction of sp³-hybridized carbons (Fsp3) is 0.105. The van der Waals surface area contributed by atoms with Crippen LogP contribution >= 0.6 is 22.7 Å². The minimum Gasteiger partial charge on any atom is -0.448 e. The first-order valence-electron chi connectivity index (χ1n) is 7.72. The number of carbonyl (C=O) groups is 2. The molecule has 0 aliphatic rings. The van der Waals surface area contributed by atoms with E-state index in [0.29, 0.717) is 15.4 Å². The lowest BCUT2D eigenvalue weighted by atomic mass is 10.1. The summed E-state index contributed by atoms with van der Waals surface area (Å²) in [5.74, 6) is -1.02. The number of ether oxygens (including phenoxy) is 1. The lowest BCUT2D eigenvalue weighted by molar-refractivity contribution is -0.123. The maximum absolute atomic E-state index is 12.5. The molecule has 5 nitrogen and oxygen atoms in total. The molecule has 3 rings (SSSR count). The van der Waals surface area contributed by atoms with Crippen LogP contribution in [-0.4, -0.2) is 18.0 Å². The second-order valence-corrected chi connectivity index (χ2v) is 7.17. The van der Waals surface area contributed by atoms with Crippen molar-refractivity contribution in [3.05, 3.63) is 63.7 Å². The van der Waals surface area contributed by atoms with Crippen molar-refractivity contribution in [2.24, 2.45) is 0 Å². The number of nitrogens with one attached hydrogen (secondary N) is 1. The number of nitrogens with zero attached hydrogens (tertiary/aromatic N) is 1. The van der Waals surface area contributed by atoms with Crippen molar-refractivity contribution in [1.29, 1.82) is 5.26 Å². The first kappa shape index (κ1) is 17.9. The SMILES string of the molecule is CC(OC(=O)c1sccc1-c1ccccc1)C(=O)Nc1sccc1C#N. The molecule has 1 amide bonds. The second kappa shape index (κ2) is 7.95. The van der Waals surface area contributed by atoms with Gasteiger partial charge in [0.15, 0.2) is 6.10 Å². The molecule has 2 aromatic heterocycles. The minimum absolute atomic E-state index is 0.381. The topological polar surface area (TPSA) is 79.2 Å². The third-order valence-corrected chi connectivity index (χ3v) is 5.34. The molecule has 1 unspecified atom stereocenters. The molecular formula is C19H14N2O3S2. The maximum atomic E-state index is 12.5. The Balaban J connectivity index is 1.70. The van der Waals surface area contributed by atoms with Crippen LogP contribution in [0.5, 0.6) is 0 Å². The Hall–Kier alpha value is -2.95. The van der Waals surface area contributed by atoms with Gasteiger partial charge in [-0.2, -0.15) is 5.26 Å². The van der Waals surface area contributed by atoms with Crippen molar-refractivity contribution in [3.63, 3.8) is 0 Å². The Morgan fingerprint density at radius 1 is 1.12 bits per heavy atom. The molecule has 1 atom stereocenters. The molecule has 130 valence electrons. The summed E-state index contributed by atoms with van der Waals surface area (Å²) in [6, 6.07) is 15.0. The number of esters is 1. The predicted molar refractivity (Wildman–Crippen MR) is 102 cm³/mol. The molecule has 0 aliphatic carbocycles. The number of thiophene rings is 2. The van der Waals surface area contributed by atoms with Crippen LogP contribution in [0.2, 0.25) is 0 Å². The average molecular weight is 382 g/mol. The van der Waals surface area contributed by atoms with Gasteiger partial charge in [0.1, 0.15) is 15.9 Å². The van der Waals surface area contributed by atoms with E-state index in [9.17, 15) is 9.59 Å². The summed E-state index contributed by atoms with van der Waals surface area (Å²) >= 11 is 2.51. The van der Waals surface area contributed by atoms with Crippen molar-refractivity contribution in [2.75, 3.05) is 5.32 Å². The molecule has 0 spiro atoms. The highest BCUT2D eigenvalue weighted by molar-refractivity contribution is 7.14. The molecule has 3 aromatic rings. The summed E-state index contributed by atoms with van der Waals surface area (Å²) in [5.41, 5.74) is 2.07. The van der Waals surface area contributed by atoms with Crippen LogP contribution in [0.3, 0.4) is 0 Å². The second-order valence-electron chi connectivity index (χ2n) is 5.34. The molecule has 1 aromatic carbocycles. The maximum Gasteiger partial charge on any atom is 0.349 e. The molecule has 0 bridgehead atoms. The number of anilines is 1. The lowest BCUT2D eigenvalue weighted by Crippen LogP contribution is -2.29. The Labute approximate surface area is 158 Å². The number of rotatable bonds is 5. The number of hydrogen-bond acceptors (Lipinski definition) is 6. The average Bonchev–Trinajstić information content (AvgIpc) is 3.31. The fourth-order valence-corrected chi connectivity index (χ4v) is 3.83. The summed E-state index contributed by atoms with van der Waals surface area (Å²) in [5, 5.41) is 15.6. The third-order valence-electron chi connectivity index (χ3n) is 3.61. The fourth-order valence-electron chi connectivity index (χ4n) is 2.29. The van der Waals surface area contributed by atoms with Gasteiger partial charge in [0, 0.05) is 5.56 Å². The number of nitriles is 1. The van der Waals surface area contributed by atoms with Gasteiger partial charge in [0.05, 0.1) is 5.56 Å². The molecule has 26 heavy (non-hydrogen) atoms. The highest BCUT2D eigenvalue weighted by Gasteiger charge is 2.23. The Morgan fingerprint density at radius 3 is 2.58 bits per heavy atom. The zero-order valence-corrected chi connectivity index (χ0v) is 15.4. The smallest absolute Gasteiger partial charge is 0.349 e. The third kappa shape index (κ3) is 3.82. The summed E-state index contributed by atoms with van der Waals surface area (Å²) in [6.45, 7) is 1.50. The van der Waals surface area contributed by atoms with E-state index < -0.39 is 18.0 Å². The number of benzene rings is 1. The molecule has 0 saturated heterocycles. The standard InChI is InChI=1S/C19H14N2O3S2/c1-12(17(22)21-18-14(11-20)7-9-26-18)24-19(23)16-15(8-10-25-16)13-5-3-2-4-6-13/h2-10,12H,1H3,(H,21,22). The molecule has 2 heterocycles. The van der Waals surface area contributed by atoms with E-state index in [4.69, 9.17) is 10.00 Å². The summed E-state index contributed by atoms with van der Waals surface area (Å²) < 4.78 is 5.32. The summed E-state index contributed by atoms with van der Waals surface area (Å²) in [6.07, 6.45) is -0.984. The molecule has 0 radical (unpaired) electrons. The van der Waals surface area contributed by atoms with Gasteiger partial charge >= 0.3 is 5.97 Å². The van der Waals surface area contributed by atoms with Crippen LogP contribution in [0.25, 0.3) is 11.1 Å². The van der Waals surface area contributed by atoms with Gasteiger partial charge in [0.25, 0.3) is 5.91 Å². The van der Waals surface area contributed by atoms with Gasteiger partial charge in [-0.1, -0.05) is 30.3 Å². The molecule has 1 N–H and O–H groups in total. The van der Waals surface area contributed by atoms with Gasteiger partial charge < -0.3 is 10.1 Å². The Bertz CT molecular complexity index is 970. The summed E-state index contributed by atoms with van der Waals surface area (Å²) in [4.78, 5) is 25.2. The number of hydrogen-bond donors (Lipinski definition) is 1. The lowest BCUT2D eigenvalue weighted by Gasteiger charge is -2.13. The van der Waals surface area contributed by atoms with Crippen molar-refractivity contribution in [3.8, 4) is 17.2 Å². The molecule has 7 heteroatoms. The Kier molecular flexibility index (Phi) is 5.46. The quantitative estimate of drug-likeness (QED) is 0.658. The van der Waals surface area contributed by atoms with Crippen molar-refractivity contribution in [1.82, 2.24) is 0 Å². The monoisotopic (exact) mass is 382 g/mol. The van der Waals surface area contributed by atoms with Crippen LogP contribution in [0, 0.1) is 11.3 Å². The highest BCUT2D eigenvalue weighted by atomic mass is 32.1. The van der Waals surface area contributed by atoms with Crippen molar-refractivity contribution in [2.45, 2.75) is 13.0 Å². The molecule has 0 aliphatic heterocycles. The summed E-state index contributed by atoms with van der Waals surface area (Å²) in [7, 11) is 0. The van der Waals surface area contributed by atoms with Crippen LogP contribution in [0.4, 0.5) is 5.00 Å². The largest absolute Gasteiger partial charge is 0.448 e. The van der Waals surface area contributed by atoms with Crippen molar-refractivity contribution < 1.29 is 14.3 Å². The zero-order valence-electron chi connectivity index (χ0n) is 13.8. The van der Waals surface area contributed by atoms with E-state index in [0.717, 1.165) is 11.1 Å².